The van der Waals surface area contributed by atoms with E-state index < -0.39 is 30.1 Å². The predicted molar refractivity (Wildman–Crippen MR) is 117 cm³/mol. The van der Waals surface area contributed by atoms with Gasteiger partial charge in [-0.05, 0) is 35.1 Å². The Morgan fingerprint density at radius 3 is 2.03 bits per heavy atom. The van der Waals surface area contributed by atoms with Crippen molar-refractivity contribution in [2.24, 2.45) is 0 Å². The third-order valence-electron chi connectivity index (χ3n) is 5.62. The molecule has 3 rings (SSSR count). The van der Waals surface area contributed by atoms with Gasteiger partial charge < -0.3 is 20.5 Å². The highest BCUT2D eigenvalue weighted by atomic mass is 16.5. The zero-order chi connectivity index (χ0) is 22.4. The fourth-order valence-electron chi connectivity index (χ4n) is 3.95. The Morgan fingerprint density at radius 2 is 1.52 bits per heavy atom. The summed E-state index contributed by atoms with van der Waals surface area (Å²) < 4.78 is 5.49. The highest BCUT2D eigenvalue weighted by Gasteiger charge is 2.29. The van der Waals surface area contributed by atoms with Crippen molar-refractivity contribution in [1.29, 1.82) is 0 Å². The third kappa shape index (κ3) is 5.23. The lowest BCUT2D eigenvalue weighted by Gasteiger charge is -2.21. The molecule has 2 aromatic rings. The molecule has 1 aliphatic rings. The molecule has 0 bridgehead atoms. The number of amides is 2. The summed E-state index contributed by atoms with van der Waals surface area (Å²) in [6, 6.07) is 14.8. The lowest BCUT2D eigenvalue weighted by molar-refractivity contribution is -0.137. The second kappa shape index (κ2) is 10.1. The molecule has 7 nitrogen and oxygen atoms in total. The Labute approximate surface area is 181 Å². The minimum Gasteiger partial charge on any atom is -0.481 e. The van der Waals surface area contributed by atoms with Crippen molar-refractivity contribution in [2.75, 3.05) is 6.61 Å². The second-order valence-corrected chi connectivity index (χ2v) is 7.64. The number of rotatable bonds is 9. The molecule has 2 atom stereocenters. The summed E-state index contributed by atoms with van der Waals surface area (Å²) in [7, 11) is 0. The first-order valence-corrected chi connectivity index (χ1v) is 10.6. The molecular formula is C24H28N2O5. The molecule has 2 amide bonds. The predicted octanol–water partition coefficient (Wildman–Crippen LogP) is 3.67. The standard InChI is InChI=1S/C24H28N2O5/c1-3-15(13-22(27)28)25-23(29)21(4-2)26-24(30)31-14-20-18-11-7-5-9-16(18)17-10-6-8-12-19(17)20/h5-12,15,20-21H,3-4,13-14H2,1-2H3,(H,25,29)(H,26,30)(H,27,28)/t15?,21-/m0/s1. The van der Waals surface area contributed by atoms with E-state index in [1.807, 2.05) is 36.4 Å². The average Bonchev–Trinajstić information content (AvgIpc) is 3.09. The Balaban J connectivity index is 1.60. The van der Waals surface area contributed by atoms with Crippen LogP contribution in [0.5, 0.6) is 0 Å². The number of carbonyl (C=O) groups is 3. The number of fused-ring (bicyclic) bond motifs is 3. The van der Waals surface area contributed by atoms with Crippen molar-refractivity contribution in [3.05, 3.63) is 59.7 Å². The molecule has 0 saturated heterocycles. The molecule has 0 radical (unpaired) electrons. The van der Waals surface area contributed by atoms with E-state index in [2.05, 4.69) is 22.8 Å². The van der Waals surface area contributed by atoms with Crippen LogP contribution in [-0.4, -0.2) is 41.8 Å². The maximum absolute atomic E-state index is 12.5. The quantitative estimate of drug-likeness (QED) is 0.570. The number of hydrogen-bond acceptors (Lipinski definition) is 4. The number of carbonyl (C=O) groups excluding carboxylic acids is 2. The SMILES string of the molecule is CCC(CC(=O)O)NC(=O)[C@H](CC)NC(=O)OCC1c2ccccc2-c2ccccc21. The summed E-state index contributed by atoms with van der Waals surface area (Å²) in [4.78, 5) is 35.8. The van der Waals surface area contributed by atoms with Crippen LogP contribution in [0.25, 0.3) is 11.1 Å². The van der Waals surface area contributed by atoms with Gasteiger partial charge in [0.2, 0.25) is 5.91 Å². The normalized spacial score (nSPS) is 14.1. The summed E-state index contributed by atoms with van der Waals surface area (Å²) in [6.45, 7) is 3.73. The van der Waals surface area contributed by atoms with E-state index in [9.17, 15) is 14.4 Å². The van der Waals surface area contributed by atoms with E-state index in [4.69, 9.17) is 9.84 Å². The van der Waals surface area contributed by atoms with E-state index in [1.165, 1.54) is 0 Å². The molecule has 1 unspecified atom stereocenters. The molecule has 0 aromatic heterocycles. The zero-order valence-electron chi connectivity index (χ0n) is 17.8. The molecule has 0 aliphatic heterocycles. The minimum absolute atomic E-state index is 0.0629. The van der Waals surface area contributed by atoms with Gasteiger partial charge in [-0.3, -0.25) is 9.59 Å². The smallest absolute Gasteiger partial charge is 0.407 e. The van der Waals surface area contributed by atoms with Gasteiger partial charge in [-0.2, -0.15) is 0 Å². The maximum Gasteiger partial charge on any atom is 0.407 e. The van der Waals surface area contributed by atoms with Crippen LogP contribution < -0.4 is 10.6 Å². The Morgan fingerprint density at radius 1 is 0.935 bits per heavy atom. The molecule has 2 aromatic carbocycles. The molecule has 1 aliphatic carbocycles. The van der Waals surface area contributed by atoms with Crippen molar-refractivity contribution in [2.45, 2.75) is 51.1 Å². The highest BCUT2D eigenvalue weighted by Crippen LogP contribution is 2.44. The minimum atomic E-state index is -0.982. The van der Waals surface area contributed by atoms with Crippen LogP contribution in [0, 0.1) is 0 Å². The molecule has 0 saturated carbocycles. The van der Waals surface area contributed by atoms with Crippen molar-refractivity contribution < 1.29 is 24.2 Å². The van der Waals surface area contributed by atoms with Gasteiger partial charge in [0.15, 0.2) is 0 Å². The van der Waals surface area contributed by atoms with E-state index in [0.29, 0.717) is 12.8 Å². The number of aliphatic carboxylic acids is 1. The Bertz CT molecular complexity index is 913. The number of benzene rings is 2. The Hall–Kier alpha value is -3.35. The van der Waals surface area contributed by atoms with Gasteiger partial charge in [-0.25, -0.2) is 4.79 Å². The second-order valence-electron chi connectivity index (χ2n) is 7.64. The van der Waals surface area contributed by atoms with Crippen molar-refractivity contribution >= 4 is 18.0 Å². The van der Waals surface area contributed by atoms with Gasteiger partial charge in [0, 0.05) is 12.0 Å². The summed E-state index contributed by atoms with van der Waals surface area (Å²) in [6.07, 6.45) is 0.0119. The lowest BCUT2D eigenvalue weighted by atomic mass is 9.98. The van der Waals surface area contributed by atoms with Crippen LogP contribution in [0.3, 0.4) is 0 Å². The van der Waals surface area contributed by atoms with Gasteiger partial charge in [0.1, 0.15) is 12.6 Å². The summed E-state index contributed by atoms with van der Waals surface area (Å²) in [5.74, 6) is -1.46. The molecule has 0 spiro atoms. The molecular weight excluding hydrogens is 396 g/mol. The Kier molecular flexibility index (Phi) is 7.28. The monoisotopic (exact) mass is 424 g/mol. The van der Waals surface area contributed by atoms with Crippen LogP contribution in [0.4, 0.5) is 4.79 Å². The number of alkyl carbamates (subject to hydrolysis) is 1. The van der Waals surface area contributed by atoms with E-state index in [1.54, 1.807) is 13.8 Å². The molecule has 31 heavy (non-hydrogen) atoms. The maximum atomic E-state index is 12.5. The molecule has 0 heterocycles. The van der Waals surface area contributed by atoms with Gasteiger partial charge in [-0.15, -0.1) is 0 Å². The average molecular weight is 424 g/mol. The first kappa shape index (κ1) is 22.3. The van der Waals surface area contributed by atoms with Crippen LogP contribution in [0.15, 0.2) is 48.5 Å². The van der Waals surface area contributed by atoms with Gasteiger partial charge in [-0.1, -0.05) is 62.4 Å². The molecule has 164 valence electrons. The van der Waals surface area contributed by atoms with E-state index >= 15 is 0 Å². The fourth-order valence-corrected chi connectivity index (χ4v) is 3.95. The highest BCUT2D eigenvalue weighted by molar-refractivity contribution is 5.86. The van der Waals surface area contributed by atoms with Crippen molar-refractivity contribution in [3.8, 4) is 11.1 Å². The number of carboxylic acid groups (broad SMARTS) is 1. The molecule has 3 N–H and O–H groups in total. The molecule has 7 heteroatoms. The van der Waals surface area contributed by atoms with Crippen LogP contribution in [-0.2, 0) is 14.3 Å². The van der Waals surface area contributed by atoms with Gasteiger partial charge in [0.05, 0.1) is 6.42 Å². The van der Waals surface area contributed by atoms with Gasteiger partial charge in [0.25, 0.3) is 0 Å². The van der Waals surface area contributed by atoms with Crippen molar-refractivity contribution in [3.63, 3.8) is 0 Å². The first-order valence-electron chi connectivity index (χ1n) is 10.6. The van der Waals surface area contributed by atoms with Gasteiger partial charge >= 0.3 is 12.1 Å². The van der Waals surface area contributed by atoms with Crippen LogP contribution in [0.2, 0.25) is 0 Å². The zero-order valence-corrected chi connectivity index (χ0v) is 17.8. The number of ether oxygens (including phenoxy) is 1. The van der Waals surface area contributed by atoms with Crippen LogP contribution >= 0.6 is 0 Å². The summed E-state index contributed by atoms with van der Waals surface area (Å²) in [5.41, 5.74) is 4.51. The topological polar surface area (TPSA) is 105 Å². The summed E-state index contributed by atoms with van der Waals surface area (Å²) >= 11 is 0. The van der Waals surface area contributed by atoms with E-state index in [0.717, 1.165) is 22.3 Å². The number of carboxylic acids is 1. The van der Waals surface area contributed by atoms with E-state index in [-0.39, 0.29) is 18.9 Å². The lowest BCUT2D eigenvalue weighted by Crippen LogP contribution is -2.49. The summed E-state index contributed by atoms with van der Waals surface area (Å²) in [5, 5.41) is 14.2. The third-order valence-corrected chi connectivity index (χ3v) is 5.62. The number of nitrogens with one attached hydrogen (secondary N) is 2. The van der Waals surface area contributed by atoms with Crippen molar-refractivity contribution in [1.82, 2.24) is 10.6 Å². The molecule has 0 fully saturated rings. The van der Waals surface area contributed by atoms with Crippen LogP contribution in [0.1, 0.15) is 50.2 Å². The fraction of sp³-hybridized carbons (Fsp3) is 0.375. The largest absolute Gasteiger partial charge is 0.481 e. The number of hydrogen-bond donors (Lipinski definition) is 3. The first-order chi connectivity index (χ1) is 14.9.